The number of imide groups is 1. The van der Waals surface area contributed by atoms with Gasteiger partial charge in [-0.1, -0.05) is 23.4 Å². The number of rotatable bonds is 4. The van der Waals surface area contributed by atoms with Crippen LogP contribution in [0.5, 0.6) is 0 Å². The number of aryl methyl sites for hydroxylation is 2. The second-order valence-electron chi connectivity index (χ2n) is 7.47. The average Bonchev–Trinajstić information content (AvgIpc) is 3.36. The summed E-state index contributed by atoms with van der Waals surface area (Å²) in [6.07, 6.45) is 4.06. The fourth-order valence-corrected chi connectivity index (χ4v) is 6.33. The van der Waals surface area contributed by atoms with Gasteiger partial charge in [0.1, 0.15) is 4.83 Å². The van der Waals surface area contributed by atoms with Gasteiger partial charge in [-0.15, -0.1) is 11.3 Å². The molecule has 0 saturated carbocycles. The standard InChI is InChI=1S/C21H19ClN4O3S2/c22-12-5-7-13(8-6-12)26-19(28)17-14-3-1-2-4-15(14)31-18(17)24-21(26)30-11-16(27)25-10-9-23-20(25)29/h5-8H,1-4,9-11H2,(H,23,29). The third kappa shape index (κ3) is 3.75. The number of nitrogens with one attached hydrogen (secondary N) is 1. The van der Waals surface area contributed by atoms with Gasteiger partial charge < -0.3 is 5.32 Å². The molecule has 2 aliphatic rings. The van der Waals surface area contributed by atoms with Crippen LogP contribution in [0.1, 0.15) is 23.3 Å². The van der Waals surface area contributed by atoms with E-state index >= 15 is 0 Å². The number of benzene rings is 1. The van der Waals surface area contributed by atoms with Crippen molar-refractivity contribution in [1.82, 2.24) is 19.8 Å². The number of carbonyl (C=O) groups excluding carboxylic acids is 2. The molecule has 160 valence electrons. The third-order valence-corrected chi connectivity index (χ3v) is 7.89. The summed E-state index contributed by atoms with van der Waals surface area (Å²) in [6, 6.07) is 6.62. The van der Waals surface area contributed by atoms with Gasteiger partial charge in [0.05, 0.1) is 16.8 Å². The van der Waals surface area contributed by atoms with Crippen LogP contribution in [0.4, 0.5) is 4.79 Å². The van der Waals surface area contributed by atoms with Crippen molar-refractivity contribution in [2.45, 2.75) is 30.8 Å². The highest BCUT2D eigenvalue weighted by Gasteiger charge is 2.27. The van der Waals surface area contributed by atoms with Gasteiger partial charge in [0.15, 0.2) is 5.16 Å². The first-order valence-corrected chi connectivity index (χ1v) is 12.2. The molecule has 0 bridgehead atoms. The summed E-state index contributed by atoms with van der Waals surface area (Å²) in [4.78, 5) is 45.9. The maximum atomic E-state index is 13.6. The Balaban J connectivity index is 1.59. The number of fused-ring (bicyclic) bond motifs is 3. The van der Waals surface area contributed by atoms with Crippen LogP contribution < -0.4 is 10.9 Å². The molecule has 1 aromatic carbocycles. The molecule has 0 atom stereocenters. The maximum absolute atomic E-state index is 13.6. The lowest BCUT2D eigenvalue weighted by atomic mass is 9.97. The van der Waals surface area contributed by atoms with Crippen LogP contribution in [-0.2, 0) is 17.6 Å². The Labute approximate surface area is 191 Å². The highest BCUT2D eigenvalue weighted by atomic mass is 35.5. The first-order valence-electron chi connectivity index (χ1n) is 10.1. The number of aromatic nitrogens is 2. The predicted octanol–water partition coefficient (Wildman–Crippen LogP) is 3.62. The van der Waals surface area contributed by atoms with Gasteiger partial charge in [0.25, 0.3) is 5.56 Å². The molecule has 2 aromatic heterocycles. The number of halogens is 1. The summed E-state index contributed by atoms with van der Waals surface area (Å²) >= 11 is 8.79. The molecule has 1 saturated heterocycles. The molecule has 0 unspecified atom stereocenters. The number of nitrogens with zero attached hydrogens (tertiary/aromatic N) is 3. The Morgan fingerprint density at radius 2 is 1.97 bits per heavy atom. The molecular weight excluding hydrogens is 456 g/mol. The van der Waals surface area contributed by atoms with Crippen LogP contribution >= 0.6 is 34.7 Å². The number of amides is 3. The quantitative estimate of drug-likeness (QED) is 0.461. The molecule has 5 rings (SSSR count). The van der Waals surface area contributed by atoms with Gasteiger partial charge in [-0.25, -0.2) is 9.78 Å². The normalized spacial score (nSPS) is 15.9. The van der Waals surface area contributed by atoms with Gasteiger partial charge in [0.2, 0.25) is 5.91 Å². The van der Waals surface area contributed by atoms with E-state index in [1.54, 1.807) is 40.2 Å². The summed E-state index contributed by atoms with van der Waals surface area (Å²) in [6.45, 7) is 0.808. The predicted molar refractivity (Wildman–Crippen MR) is 123 cm³/mol. The zero-order valence-electron chi connectivity index (χ0n) is 16.5. The smallest absolute Gasteiger partial charge is 0.324 e. The Bertz CT molecular complexity index is 1250. The second-order valence-corrected chi connectivity index (χ2v) is 9.93. The average molecular weight is 475 g/mol. The minimum absolute atomic E-state index is 0.0179. The highest BCUT2D eigenvalue weighted by Crippen LogP contribution is 2.35. The molecule has 1 N–H and O–H groups in total. The van der Waals surface area contributed by atoms with Crippen molar-refractivity contribution in [2.75, 3.05) is 18.8 Å². The van der Waals surface area contributed by atoms with Gasteiger partial charge in [-0.2, -0.15) is 0 Å². The van der Waals surface area contributed by atoms with Crippen LogP contribution in [0.2, 0.25) is 5.02 Å². The fraction of sp³-hybridized carbons (Fsp3) is 0.333. The molecule has 7 nitrogen and oxygen atoms in total. The van der Waals surface area contributed by atoms with Crippen molar-refractivity contribution in [3.8, 4) is 5.69 Å². The van der Waals surface area contributed by atoms with E-state index < -0.39 is 0 Å². The van der Waals surface area contributed by atoms with Crippen LogP contribution in [0.15, 0.2) is 34.2 Å². The molecule has 1 fully saturated rings. The van der Waals surface area contributed by atoms with Crippen LogP contribution in [-0.4, -0.2) is 45.2 Å². The maximum Gasteiger partial charge on any atom is 0.324 e. The molecule has 1 aliphatic heterocycles. The first kappa shape index (κ1) is 20.5. The largest absolute Gasteiger partial charge is 0.336 e. The van der Waals surface area contributed by atoms with Crippen LogP contribution in [0.3, 0.4) is 0 Å². The number of thiophene rings is 1. The molecule has 1 aliphatic carbocycles. The molecule has 31 heavy (non-hydrogen) atoms. The summed E-state index contributed by atoms with van der Waals surface area (Å²) < 4.78 is 1.56. The minimum atomic E-state index is -0.380. The summed E-state index contributed by atoms with van der Waals surface area (Å²) in [5.74, 6) is -0.285. The van der Waals surface area contributed by atoms with Crippen molar-refractivity contribution in [1.29, 1.82) is 0 Å². The zero-order chi connectivity index (χ0) is 21.5. The summed E-state index contributed by atoms with van der Waals surface area (Å²) in [5, 5.41) is 4.32. The first-order chi connectivity index (χ1) is 15.0. The molecule has 3 amide bonds. The lowest BCUT2D eigenvalue weighted by molar-refractivity contribution is -0.124. The lowest BCUT2D eigenvalue weighted by Gasteiger charge is -2.15. The summed E-state index contributed by atoms with van der Waals surface area (Å²) in [7, 11) is 0. The van der Waals surface area contributed by atoms with E-state index in [1.807, 2.05) is 0 Å². The number of hydrogen-bond donors (Lipinski definition) is 1. The topological polar surface area (TPSA) is 84.3 Å². The molecule has 0 radical (unpaired) electrons. The Hall–Kier alpha value is -2.36. The third-order valence-electron chi connectivity index (χ3n) is 5.53. The molecule has 3 heterocycles. The monoisotopic (exact) mass is 474 g/mol. The second kappa shape index (κ2) is 8.29. The molecule has 0 spiro atoms. The van der Waals surface area contributed by atoms with Crippen molar-refractivity contribution >= 4 is 56.9 Å². The SMILES string of the molecule is O=C(CSc1nc2sc3c(c2c(=O)n1-c1ccc(Cl)cc1)CCCC3)N1CCNC1=O. The van der Waals surface area contributed by atoms with Crippen molar-refractivity contribution in [2.24, 2.45) is 0 Å². The fourth-order valence-electron chi connectivity index (χ4n) is 4.01. The number of urea groups is 1. The number of hydrogen-bond acceptors (Lipinski definition) is 6. The zero-order valence-corrected chi connectivity index (χ0v) is 18.9. The van der Waals surface area contributed by atoms with Crippen molar-refractivity contribution < 1.29 is 9.59 Å². The van der Waals surface area contributed by atoms with Crippen LogP contribution in [0.25, 0.3) is 15.9 Å². The molecular formula is C21H19ClN4O3S2. The Morgan fingerprint density at radius 1 is 1.19 bits per heavy atom. The van der Waals surface area contributed by atoms with Crippen LogP contribution in [0, 0.1) is 0 Å². The summed E-state index contributed by atoms with van der Waals surface area (Å²) in [5.41, 5.74) is 1.64. The van der Waals surface area contributed by atoms with Gasteiger partial charge in [-0.05, 0) is 55.5 Å². The van der Waals surface area contributed by atoms with E-state index in [4.69, 9.17) is 16.6 Å². The van der Waals surface area contributed by atoms with E-state index in [1.165, 1.54) is 21.5 Å². The molecule has 10 heteroatoms. The van der Waals surface area contributed by atoms with Gasteiger partial charge in [0, 0.05) is 23.0 Å². The Morgan fingerprint density at radius 3 is 2.71 bits per heavy atom. The number of thioether (sulfide) groups is 1. The van der Waals surface area contributed by atoms with E-state index in [9.17, 15) is 14.4 Å². The Kier molecular flexibility index (Phi) is 5.49. The van der Waals surface area contributed by atoms with E-state index in [2.05, 4.69) is 5.32 Å². The van der Waals surface area contributed by atoms with Crippen molar-refractivity contribution in [3.63, 3.8) is 0 Å². The number of carbonyl (C=O) groups is 2. The van der Waals surface area contributed by atoms with Gasteiger partial charge >= 0.3 is 6.03 Å². The van der Waals surface area contributed by atoms with E-state index in [-0.39, 0.29) is 23.3 Å². The molecule has 3 aromatic rings. The van der Waals surface area contributed by atoms with Crippen molar-refractivity contribution in [3.05, 3.63) is 50.1 Å². The van der Waals surface area contributed by atoms with E-state index in [0.717, 1.165) is 36.1 Å². The minimum Gasteiger partial charge on any atom is -0.336 e. The van der Waals surface area contributed by atoms with Gasteiger partial charge in [-0.3, -0.25) is 19.1 Å². The lowest BCUT2D eigenvalue weighted by Crippen LogP contribution is -2.35. The van der Waals surface area contributed by atoms with E-state index in [0.29, 0.717) is 34.3 Å². The highest BCUT2D eigenvalue weighted by molar-refractivity contribution is 7.99.